The molecule has 0 saturated carbocycles. The van der Waals surface area contributed by atoms with Crippen molar-refractivity contribution in [2.24, 2.45) is 5.41 Å². The van der Waals surface area contributed by atoms with Crippen molar-refractivity contribution in [1.82, 2.24) is 9.80 Å². The molecule has 106 valence electrons. The monoisotopic (exact) mass is 273 g/mol. The fourth-order valence-corrected chi connectivity index (χ4v) is 4.28. The van der Waals surface area contributed by atoms with Gasteiger partial charge in [0.15, 0.2) is 0 Å². The molecule has 3 heterocycles. The molecular formula is C15H19N3O2. The standard InChI is InChI=1S/C15H19N3O2/c1-17-7-12-14(8-17)13(16)18(2)9-15(14,19)10-5-3-4-6-11(10)20-12/h3-6,12,16,19H,7-9H2,1-2H3/t12-,14+,15-/m0/s1. The highest BCUT2D eigenvalue weighted by molar-refractivity contribution is 5.91. The molecule has 0 aromatic heterocycles. The van der Waals surface area contributed by atoms with Crippen molar-refractivity contribution in [2.45, 2.75) is 11.7 Å². The first-order valence-electron chi connectivity index (χ1n) is 6.96. The smallest absolute Gasteiger partial charge is 0.128 e. The Morgan fingerprint density at radius 1 is 1.30 bits per heavy atom. The molecular weight excluding hydrogens is 254 g/mol. The summed E-state index contributed by atoms with van der Waals surface area (Å²) < 4.78 is 6.15. The number of hydrogen-bond donors (Lipinski definition) is 2. The topological polar surface area (TPSA) is 59.8 Å². The molecule has 0 bridgehead atoms. The summed E-state index contributed by atoms with van der Waals surface area (Å²) in [5.74, 6) is 1.25. The number of ether oxygens (including phenoxy) is 1. The van der Waals surface area contributed by atoms with E-state index in [0.29, 0.717) is 18.9 Å². The third-order valence-electron chi connectivity index (χ3n) is 5.16. The summed E-state index contributed by atoms with van der Waals surface area (Å²) in [7, 11) is 3.90. The lowest BCUT2D eigenvalue weighted by Crippen LogP contribution is -2.58. The molecule has 20 heavy (non-hydrogen) atoms. The lowest BCUT2D eigenvalue weighted by atomic mass is 9.66. The first kappa shape index (κ1) is 12.2. The van der Waals surface area contributed by atoms with Crippen LogP contribution in [0.2, 0.25) is 0 Å². The van der Waals surface area contributed by atoms with Gasteiger partial charge in [0, 0.05) is 25.7 Å². The highest BCUT2D eigenvalue weighted by atomic mass is 16.5. The van der Waals surface area contributed by atoms with Crippen molar-refractivity contribution >= 4 is 5.84 Å². The minimum Gasteiger partial charge on any atom is -0.487 e. The van der Waals surface area contributed by atoms with E-state index in [2.05, 4.69) is 4.90 Å². The average molecular weight is 273 g/mol. The fraction of sp³-hybridized carbons (Fsp3) is 0.533. The first-order chi connectivity index (χ1) is 9.49. The van der Waals surface area contributed by atoms with Crippen LogP contribution in [0.3, 0.4) is 0 Å². The van der Waals surface area contributed by atoms with E-state index in [4.69, 9.17) is 10.1 Å². The molecule has 1 aromatic carbocycles. The molecule has 2 N–H and O–H groups in total. The number of aliphatic hydroxyl groups is 1. The van der Waals surface area contributed by atoms with E-state index < -0.39 is 11.0 Å². The van der Waals surface area contributed by atoms with Gasteiger partial charge in [0.05, 0.1) is 6.54 Å². The Balaban J connectivity index is 1.99. The molecule has 0 radical (unpaired) electrons. The van der Waals surface area contributed by atoms with Gasteiger partial charge in [-0.15, -0.1) is 0 Å². The minimum atomic E-state index is -1.04. The molecule has 3 aliphatic rings. The van der Waals surface area contributed by atoms with Crippen LogP contribution in [-0.4, -0.2) is 60.6 Å². The highest BCUT2D eigenvalue weighted by Gasteiger charge is 2.71. The van der Waals surface area contributed by atoms with Crippen LogP contribution >= 0.6 is 0 Å². The summed E-state index contributed by atoms with van der Waals surface area (Å²) in [5.41, 5.74) is -0.867. The van der Waals surface area contributed by atoms with Crippen molar-refractivity contribution < 1.29 is 9.84 Å². The Kier molecular flexibility index (Phi) is 2.15. The number of likely N-dealkylation sites (tertiary alicyclic amines) is 2. The molecule has 3 atom stereocenters. The number of nitrogens with one attached hydrogen (secondary N) is 1. The van der Waals surface area contributed by atoms with E-state index in [1.165, 1.54) is 0 Å². The van der Waals surface area contributed by atoms with E-state index in [9.17, 15) is 5.11 Å². The normalized spacial score (nSPS) is 39.2. The van der Waals surface area contributed by atoms with Gasteiger partial charge in [0.1, 0.15) is 28.7 Å². The van der Waals surface area contributed by atoms with Gasteiger partial charge in [-0.25, -0.2) is 0 Å². The van der Waals surface area contributed by atoms with Crippen LogP contribution in [0.15, 0.2) is 24.3 Å². The third-order valence-corrected chi connectivity index (χ3v) is 5.16. The largest absolute Gasteiger partial charge is 0.487 e. The molecule has 0 aliphatic carbocycles. The highest BCUT2D eigenvalue weighted by Crippen LogP contribution is 2.58. The number of rotatable bonds is 0. The molecule has 2 saturated heterocycles. The summed E-state index contributed by atoms with van der Waals surface area (Å²) in [5, 5.41) is 20.0. The van der Waals surface area contributed by atoms with Gasteiger partial charge in [-0.05, 0) is 13.1 Å². The van der Waals surface area contributed by atoms with E-state index in [1.807, 2.05) is 43.3 Å². The molecule has 5 heteroatoms. The number of β-amino-alcohol motifs (C(OH)–C–C–N with tert-alkyl or cyclic N) is 1. The summed E-state index contributed by atoms with van der Waals surface area (Å²) >= 11 is 0. The summed E-state index contributed by atoms with van der Waals surface area (Å²) in [6.45, 7) is 1.86. The molecule has 1 spiro atoms. The zero-order valence-electron chi connectivity index (χ0n) is 11.8. The van der Waals surface area contributed by atoms with E-state index in [0.717, 1.165) is 17.9 Å². The van der Waals surface area contributed by atoms with Gasteiger partial charge in [0.25, 0.3) is 0 Å². The Morgan fingerprint density at radius 3 is 2.85 bits per heavy atom. The van der Waals surface area contributed by atoms with Gasteiger partial charge in [-0.2, -0.15) is 0 Å². The molecule has 1 aromatic rings. The van der Waals surface area contributed by atoms with Crippen molar-refractivity contribution in [2.75, 3.05) is 33.7 Å². The molecule has 0 unspecified atom stereocenters. The predicted octanol–water partition coefficient (Wildman–Crippen LogP) is 0.490. The van der Waals surface area contributed by atoms with Gasteiger partial charge >= 0.3 is 0 Å². The van der Waals surface area contributed by atoms with E-state index in [1.54, 1.807) is 0 Å². The molecule has 4 rings (SSSR count). The third kappa shape index (κ3) is 1.14. The lowest BCUT2D eigenvalue weighted by Gasteiger charge is -2.46. The number of likely N-dealkylation sites (N-methyl/N-ethyl adjacent to an activating group) is 2. The molecule has 5 nitrogen and oxygen atoms in total. The summed E-state index contributed by atoms with van der Waals surface area (Å²) in [6.07, 6.45) is -0.162. The number of amidine groups is 1. The SMILES string of the molecule is CN1C[C@@H]2Oc3ccccc3[C@@]3(O)CN(C)C(=N)[C@@]23C1. The first-order valence-corrected chi connectivity index (χ1v) is 6.96. The zero-order chi connectivity index (χ0) is 14.1. The Morgan fingerprint density at radius 2 is 2.05 bits per heavy atom. The summed E-state index contributed by atoms with van der Waals surface area (Å²) in [6, 6.07) is 7.70. The Hall–Kier alpha value is -1.59. The lowest BCUT2D eigenvalue weighted by molar-refractivity contribution is -0.0879. The van der Waals surface area contributed by atoms with Crippen molar-refractivity contribution in [3.05, 3.63) is 29.8 Å². The van der Waals surface area contributed by atoms with E-state index >= 15 is 0 Å². The number of benzene rings is 1. The van der Waals surface area contributed by atoms with Crippen LogP contribution in [0, 0.1) is 10.8 Å². The van der Waals surface area contributed by atoms with Crippen molar-refractivity contribution in [3.63, 3.8) is 0 Å². The number of nitrogens with zero attached hydrogens (tertiary/aromatic N) is 2. The molecule has 2 fully saturated rings. The molecule has 3 aliphatic heterocycles. The number of para-hydroxylation sites is 1. The van der Waals surface area contributed by atoms with Crippen LogP contribution in [0.4, 0.5) is 0 Å². The summed E-state index contributed by atoms with van der Waals surface area (Å²) in [4.78, 5) is 4.01. The Bertz CT molecular complexity index is 605. The van der Waals surface area contributed by atoms with Crippen LogP contribution < -0.4 is 4.74 Å². The second-order valence-corrected chi connectivity index (χ2v) is 6.34. The van der Waals surface area contributed by atoms with Gasteiger partial charge in [0.2, 0.25) is 0 Å². The minimum absolute atomic E-state index is 0.162. The Labute approximate surface area is 118 Å². The second-order valence-electron chi connectivity index (χ2n) is 6.34. The van der Waals surface area contributed by atoms with Crippen LogP contribution in [0.1, 0.15) is 5.56 Å². The number of hydrogen-bond acceptors (Lipinski definition) is 4. The van der Waals surface area contributed by atoms with Gasteiger partial charge in [-0.1, -0.05) is 18.2 Å². The van der Waals surface area contributed by atoms with Crippen LogP contribution in [0.5, 0.6) is 5.75 Å². The van der Waals surface area contributed by atoms with Gasteiger partial charge in [-0.3, -0.25) is 5.41 Å². The maximum atomic E-state index is 11.5. The maximum Gasteiger partial charge on any atom is 0.128 e. The van der Waals surface area contributed by atoms with Crippen molar-refractivity contribution in [3.8, 4) is 5.75 Å². The molecule has 0 amide bonds. The number of fused-ring (bicyclic) bond motifs is 2. The average Bonchev–Trinajstić information content (AvgIpc) is 2.84. The maximum absolute atomic E-state index is 11.5. The van der Waals surface area contributed by atoms with Crippen LogP contribution in [0.25, 0.3) is 0 Å². The zero-order valence-corrected chi connectivity index (χ0v) is 11.8. The quantitative estimate of drug-likeness (QED) is 0.722. The fourth-order valence-electron chi connectivity index (χ4n) is 4.28. The second kappa shape index (κ2) is 3.54. The van der Waals surface area contributed by atoms with Crippen LogP contribution in [-0.2, 0) is 5.60 Å². The van der Waals surface area contributed by atoms with E-state index in [-0.39, 0.29) is 6.10 Å². The van der Waals surface area contributed by atoms with Gasteiger partial charge < -0.3 is 19.6 Å². The predicted molar refractivity (Wildman–Crippen MR) is 75.0 cm³/mol. The van der Waals surface area contributed by atoms with Crippen molar-refractivity contribution in [1.29, 1.82) is 5.41 Å².